The summed E-state index contributed by atoms with van der Waals surface area (Å²) in [5.74, 6) is 0.0283. The van der Waals surface area contributed by atoms with Crippen molar-refractivity contribution in [1.29, 1.82) is 0 Å². The summed E-state index contributed by atoms with van der Waals surface area (Å²) in [6.07, 6.45) is 0. The first-order chi connectivity index (χ1) is 7.50. The molecule has 1 unspecified atom stereocenters. The van der Waals surface area contributed by atoms with Gasteiger partial charge in [-0.2, -0.15) is 0 Å². The molecule has 0 saturated heterocycles. The van der Waals surface area contributed by atoms with Gasteiger partial charge in [-0.15, -0.1) is 0 Å². The summed E-state index contributed by atoms with van der Waals surface area (Å²) in [6, 6.07) is 5.36. The average molecular weight is 300 g/mol. The number of thiazole rings is 1. The maximum Gasteiger partial charge on any atom is 0.307 e. The van der Waals surface area contributed by atoms with Crippen molar-refractivity contribution in [2.75, 3.05) is 0 Å². The Morgan fingerprint density at radius 1 is 1.50 bits per heavy atom. The molecule has 0 spiro atoms. The zero-order valence-corrected chi connectivity index (χ0v) is 11.3. The van der Waals surface area contributed by atoms with Crippen LogP contribution in [0.2, 0.25) is 0 Å². The smallest absolute Gasteiger partial charge is 0.302 e. The first kappa shape index (κ1) is 11.5. The van der Waals surface area contributed by atoms with Crippen LogP contribution in [0.3, 0.4) is 0 Å². The number of fused-ring (bicyclic) bond motifs is 1. The zero-order chi connectivity index (χ0) is 11.9. The van der Waals surface area contributed by atoms with Crippen LogP contribution in [0.15, 0.2) is 23.0 Å². The van der Waals surface area contributed by atoms with Crippen LogP contribution in [-0.2, 0) is 7.05 Å². The van der Waals surface area contributed by atoms with Crippen molar-refractivity contribution in [2.24, 2.45) is 7.05 Å². The Kier molecular flexibility index (Phi) is 2.99. The monoisotopic (exact) mass is 299 g/mol. The highest BCUT2D eigenvalue weighted by Gasteiger charge is 2.13. The molecule has 0 radical (unpaired) electrons. The van der Waals surface area contributed by atoms with Gasteiger partial charge in [0.2, 0.25) is 0 Å². The number of aromatic nitrogens is 1. The van der Waals surface area contributed by atoms with E-state index in [0.29, 0.717) is 5.56 Å². The van der Waals surface area contributed by atoms with Crippen LogP contribution < -0.4 is 4.87 Å². The van der Waals surface area contributed by atoms with Crippen molar-refractivity contribution in [3.8, 4) is 0 Å². The van der Waals surface area contributed by atoms with Crippen LogP contribution >= 0.6 is 27.3 Å². The fourth-order valence-corrected chi connectivity index (χ4v) is 2.63. The quantitative estimate of drug-likeness (QED) is 0.631. The minimum atomic E-state index is -0.208. The molecular weight excluding hydrogens is 290 g/mol. The molecular formula is C11H10BrNO2S. The van der Waals surface area contributed by atoms with Crippen molar-refractivity contribution in [2.45, 2.75) is 11.8 Å². The lowest BCUT2D eigenvalue weighted by molar-refractivity contribution is 0.0996. The summed E-state index contributed by atoms with van der Waals surface area (Å²) < 4.78 is 2.47. The Morgan fingerprint density at radius 3 is 2.81 bits per heavy atom. The van der Waals surface area contributed by atoms with Gasteiger partial charge in [-0.3, -0.25) is 9.59 Å². The van der Waals surface area contributed by atoms with Crippen LogP contribution in [0, 0.1) is 0 Å². The number of Topliss-reactive ketones (excluding diaryl/α,β-unsaturated/α-hetero) is 1. The number of rotatable bonds is 2. The molecule has 0 saturated carbocycles. The Balaban J connectivity index is 2.64. The molecule has 2 rings (SSSR count). The van der Waals surface area contributed by atoms with Gasteiger partial charge < -0.3 is 4.57 Å². The van der Waals surface area contributed by atoms with Crippen molar-refractivity contribution >= 4 is 43.3 Å². The molecule has 1 heterocycles. The van der Waals surface area contributed by atoms with E-state index in [1.807, 2.05) is 6.07 Å². The van der Waals surface area contributed by atoms with E-state index in [4.69, 9.17) is 0 Å². The summed E-state index contributed by atoms with van der Waals surface area (Å²) in [5.41, 5.74) is 1.44. The van der Waals surface area contributed by atoms with E-state index < -0.39 is 0 Å². The van der Waals surface area contributed by atoms with E-state index in [9.17, 15) is 9.59 Å². The third-order valence-corrected chi connectivity index (χ3v) is 3.87. The lowest BCUT2D eigenvalue weighted by Crippen LogP contribution is -2.10. The average Bonchev–Trinajstić information content (AvgIpc) is 2.53. The zero-order valence-electron chi connectivity index (χ0n) is 8.86. The molecule has 1 atom stereocenters. The molecule has 0 N–H and O–H groups in total. The number of aryl methyl sites for hydroxylation is 1. The summed E-state index contributed by atoms with van der Waals surface area (Å²) in [5, 5.41) is 0. The summed E-state index contributed by atoms with van der Waals surface area (Å²) >= 11 is 4.44. The predicted octanol–water partition coefficient (Wildman–Crippen LogP) is 2.57. The molecule has 3 nitrogen and oxygen atoms in total. The minimum Gasteiger partial charge on any atom is -0.302 e. The van der Waals surface area contributed by atoms with Gasteiger partial charge in [0.25, 0.3) is 0 Å². The lowest BCUT2D eigenvalue weighted by atomic mass is 10.1. The molecule has 0 aliphatic rings. The second-order valence-corrected chi connectivity index (χ2v) is 5.96. The SMILES string of the molecule is CC(Br)C(=O)c1ccc2sc(=O)n(C)c2c1. The van der Waals surface area contributed by atoms with E-state index >= 15 is 0 Å². The first-order valence-corrected chi connectivity index (χ1v) is 6.52. The number of ketones is 1. The molecule has 0 amide bonds. The second kappa shape index (κ2) is 4.14. The molecule has 2 aromatic rings. The highest BCUT2D eigenvalue weighted by molar-refractivity contribution is 9.10. The van der Waals surface area contributed by atoms with Crippen LogP contribution in [0.25, 0.3) is 10.2 Å². The molecule has 16 heavy (non-hydrogen) atoms. The number of halogens is 1. The molecule has 84 valence electrons. The van der Waals surface area contributed by atoms with Crippen LogP contribution in [0.5, 0.6) is 0 Å². The van der Waals surface area contributed by atoms with Crippen LogP contribution in [0.1, 0.15) is 17.3 Å². The number of nitrogens with zero attached hydrogens (tertiary/aromatic N) is 1. The van der Waals surface area contributed by atoms with Gasteiger partial charge >= 0.3 is 4.87 Å². The summed E-state index contributed by atoms with van der Waals surface area (Å²) in [4.78, 5) is 23.0. The molecule has 1 aromatic heterocycles. The van der Waals surface area contributed by atoms with Crippen molar-refractivity contribution in [3.63, 3.8) is 0 Å². The van der Waals surface area contributed by atoms with Crippen LogP contribution in [-0.4, -0.2) is 15.2 Å². The van der Waals surface area contributed by atoms with E-state index in [1.54, 1.807) is 30.7 Å². The highest BCUT2D eigenvalue weighted by Crippen LogP contribution is 2.20. The summed E-state index contributed by atoms with van der Waals surface area (Å²) in [6.45, 7) is 1.79. The van der Waals surface area contributed by atoms with Crippen molar-refractivity contribution < 1.29 is 4.79 Å². The number of alkyl halides is 1. The number of hydrogen-bond acceptors (Lipinski definition) is 3. The maximum atomic E-state index is 11.8. The topological polar surface area (TPSA) is 39.1 Å². The molecule has 0 bridgehead atoms. The van der Waals surface area contributed by atoms with Gasteiger partial charge in [0, 0.05) is 12.6 Å². The maximum absolute atomic E-state index is 11.8. The van der Waals surface area contributed by atoms with E-state index in [2.05, 4.69) is 15.9 Å². The second-order valence-electron chi connectivity index (χ2n) is 3.59. The van der Waals surface area contributed by atoms with Crippen molar-refractivity contribution in [3.05, 3.63) is 33.4 Å². The number of carbonyl (C=O) groups excluding carboxylic acids is 1. The van der Waals surface area contributed by atoms with Gasteiger partial charge in [0.05, 0.1) is 15.0 Å². The number of hydrogen-bond donors (Lipinski definition) is 0. The Hall–Kier alpha value is -0.940. The van der Waals surface area contributed by atoms with E-state index in [0.717, 1.165) is 10.2 Å². The van der Waals surface area contributed by atoms with Crippen LogP contribution in [0.4, 0.5) is 0 Å². The van der Waals surface area contributed by atoms with Gasteiger partial charge in [-0.1, -0.05) is 27.3 Å². The highest BCUT2D eigenvalue weighted by atomic mass is 79.9. The third-order valence-electron chi connectivity index (χ3n) is 2.44. The largest absolute Gasteiger partial charge is 0.307 e. The van der Waals surface area contributed by atoms with Gasteiger partial charge in [-0.25, -0.2) is 0 Å². The Morgan fingerprint density at radius 2 is 2.19 bits per heavy atom. The lowest BCUT2D eigenvalue weighted by Gasteiger charge is -2.03. The first-order valence-electron chi connectivity index (χ1n) is 4.78. The number of carbonyl (C=O) groups is 1. The Labute approximate surface area is 105 Å². The van der Waals surface area contributed by atoms with E-state index in [-0.39, 0.29) is 15.5 Å². The fraction of sp³-hybridized carbons (Fsp3) is 0.273. The number of benzene rings is 1. The molecule has 0 aliphatic heterocycles. The van der Waals surface area contributed by atoms with Gasteiger partial charge in [-0.05, 0) is 25.1 Å². The van der Waals surface area contributed by atoms with E-state index in [1.165, 1.54) is 11.3 Å². The Bertz CT molecular complexity index is 612. The van der Waals surface area contributed by atoms with Gasteiger partial charge in [0.15, 0.2) is 5.78 Å². The third kappa shape index (κ3) is 1.85. The minimum absolute atomic E-state index is 0.00788. The molecule has 0 fully saturated rings. The van der Waals surface area contributed by atoms with Crippen molar-refractivity contribution in [1.82, 2.24) is 4.57 Å². The standard InChI is InChI=1S/C11H10BrNO2S/c1-6(12)10(14)7-3-4-9-8(5-7)13(2)11(15)16-9/h3-6H,1-2H3. The van der Waals surface area contributed by atoms with Gasteiger partial charge in [0.1, 0.15) is 0 Å². The predicted molar refractivity (Wildman–Crippen MR) is 69.8 cm³/mol. The molecule has 0 aliphatic carbocycles. The molecule has 1 aromatic carbocycles. The molecule has 5 heteroatoms. The fourth-order valence-electron chi connectivity index (χ4n) is 1.51. The normalized spacial score (nSPS) is 12.9. The summed E-state index contributed by atoms with van der Waals surface area (Å²) in [7, 11) is 1.72.